The van der Waals surface area contributed by atoms with E-state index in [0.717, 1.165) is 32.1 Å². The molecule has 1 aliphatic rings. The van der Waals surface area contributed by atoms with Crippen LogP contribution in [0.25, 0.3) is 0 Å². The van der Waals surface area contributed by atoms with Gasteiger partial charge in [-0.1, -0.05) is 12.8 Å². The first kappa shape index (κ1) is 15.0. The fraction of sp³-hybridized carbons (Fsp3) is 0.846. The highest BCUT2D eigenvalue weighted by molar-refractivity contribution is 5.83. The fourth-order valence-electron chi connectivity index (χ4n) is 2.69. The standard InChI is InChI=1S/C13H23NO4/c1-14(9-5-11(15)16)12(17)13(8-10-18-2)6-3-4-7-13/h3-10H2,1-2H3,(H,15,16). The lowest BCUT2D eigenvalue weighted by atomic mass is 9.81. The van der Waals surface area contributed by atoms with Gasteiger partial charge in [0.15, 0.2) is 0 Å². The van der Waals surface area contributed by atoms with E-state index in [1.54, 1.807) is 19.1 Å². The van der Waals surface area contributed by atoms with Gasteiger partial charge in [-0.2, -0.15) is 0 Å². The zero-order valence-corrected chi connectivity index (χ0v) is 11.3. The summed E-state index contributed by atoms with van der Waals surface area (Å²) in [5.74, 6) is -0.787. The lowest BCUT2D eigenvalue weighted by Crippen LogP contribution is -2.42. The average molecular weight is 257 g/mol. The molecule has 0 bridgehead atoms. The van der Waals surface area contributed by atoms with Crippen molar-refractivity contribution in [2.75, 3.05) is 27.3 Å². The van der Waals surface area contributed by atoms with E-state index in [-0.39, 0.29) is 24.3 Å². The van der Waals surface area contributed by atoms with Crippen molar-refractivity contribution in [3.8, 4) is 0 Å². The van der Waals surface area contributed by atoms with Crippen LogP contribution in [-0.4, -0.2) is 49.2 Å². The maximum atomic E-state index is 12.5. The number of rotatable bonds is 7. The molecule has 0 aromatic heterocycles. The number of carbonyl (C=O) groups is 2. The largest absolute Gasteiger partial charge is 0.481 e. The molecule has 5 nitrogen and oxygen atoms in total. The van der Waals surface area contributed by atoms with Crippen LogP contribution >= 0.6 is 0 Å². The third kappa shape index (κ3) is 3.70. The van der Waals surface area contributed by atoms with E-state index in [9.17, 15) is 9.59 Å². The van der Waals surface area contributed by atoms with Crippen LogP contribution in [0.15, 0.2) is 0 Å². The van der Waals surface area contributed by atoms with Gasteiger partial charge >= 0.3 is 5.97 Å². The smallest absolute Gasteiger partial charge is 0.305 e. The predicted molar refractivity (Wildman–Crippen MR) is 67.3 cm³/mol. The van der Waals surface area contributed by atoms with E-state index in [0.29, 0.717) is 6.61 Å². The topological polar surface area (TPSA) is 66.8 Å². The highest BCUT2D eigenvalue weighted by Crippen LogP contribution is 2.42. The van der Waals surface area contributed by atoms with Crippen LogP contribution in [0.3, 0.4) is 0 Å². The van der Waals surface area contributed by atoms with Crippen molar-refractivity contribution in [2.45, 2.75) is 38.5 Å². The molecule has 0 aliphatic heterocycles. The number of carboxylic acids is 1. The zero-order chi connectivity index (χ0) is 13.6. The van der Waals surface area contributed by atoms with Gasteiger partial charge in [0.25, 0.3) is 0 Å². The lowest BCUT2D eigenvalue weighted by Gasteiger charge is -2.32. The van der Waals surface area contributed by atoms with E-state index in [2.05, 4.69) is 0 Å². The Bertz CT molecular complexity index is 297. The summed E-state index contributed by atoms with van der Waals surface area (Å²) in [5, 5.41) is 8.66. The van der Waals surface area contributed by atoms with Crippen molar-refractivity contribution < 1.29 is 19.4 Å². The number of hydrogen-bond acceptors (Lipinski definition) is 3. The molecule has 1 saturated carbocycles. The molecule has 0 atom stereocenters. The quantitative estimate of drug-likeness (QED) is 0.751. The second kappa shape index (κ2) is 6.73. The van der Waals surface area contributed by atoms with Crippen LogP contribution in [0.4, 0.5) is 0 Å². The van der Waals surface area contributed by atoms with Crippen molar-refractivity contribution in [3.63, 3.8) is 0 Å². The molecule has 0 aromatic rings. The third-order valence-electron chi connectivity index (χ3n) is 3.81. The number of hydrogen-bond donors (Lipinski definition) is 1. The molecule has 104 valence electrons. The summed E-state index contributed by atoms with van der Waals surface area (Å²) in [6.07, 6.45) is 4.67. The minimum atomic E-state index is -0.869. The lowest BCUT2D eigenvalue weighted by molar-refractivity contribution is -0.143. The number of nitrogens with zero attached hydrogens (tertiary/aromatic N) is 1. The molecule has 1 fully saturated rings. The second-order valence-corrected chi connectivity index (χ2v) is 5.10. The van der Waals surface area contributed by atoms with Crippen molar-refractivity contribution in [1.82, 2.24) is 4.90 Å². The van der Waals surface area contributed by atoms with Gasteiger partial charge in [0, 0.05) is 27.3 Å². The monoisotopic (exact) mass is 257 g/mol. The maximum Gasteiger partial charge on any atom is 0.305 e. The van der Waals surface area contributed by atoms with Crippen LogP contribution in [0.2, 0.25) is 0 Å². The van der Waals surface area contributed by atoms with Crippen LogP contribution in [0, 0.1) is 5.41 Å². The van der Waals surface area contributed by atoms with Crippen LogP contribution < -0.4 is 0 Å². The first-order chi connectivity index (χ1) is 8.52. The van der Waals surface area contributed by atoms with Gasteiger partial charge in [-0.15, -0.1) is 0 Å². The molecule has 1 rings (SSSR count). The Morgan fingerprint density at radius 1 is 1.33 bits per heavy atom. The van der Waals surface area contributed by atoms with Gasteiger partial charge in [-0.05, 0) is 19.3 Å². The summed E-state index contributed by atoms with van der Waals surface area (Å²) >= 11 is 0. The molecular formula is C13H23NO4. The maximum absolute atomic E-state index is 12.5. The van der Waals surface area contributed by atoms with Gasteiger partial charge < -0.3 is 14.7 Å². The number of methoxy groups -OCH3 is 1. The Balaban J connectivity index is 2.61. The molecule has 0 spiro atoms. The van der Waals surface area contributed by atoms with E-state index >= 15 is 0 Å². The van der Waals surface area contributed by atoms with Crippen molar-refractivity contribution in [1.29, 1.82) is 0 Å². The summed E-state index contributed by atoms with van der Waals surface area (Å²) in [7, 11) is 3.33. The first-order valence-electron chi connectivity index (χ1n) is 6.48. The molecule has 18 heavy (non-hydrogen) atoms. The zero-order valence-electron chi connectivity index (χ0n) is 11.3. The number of amides is 1. The molecule has 1 amide bonds. The van der Waals surface area contributed by atoms with Gasteiger partial charge in [0.1, 0.15) is 0 Å². The first-order valence-corrected chi connectivity index (χ1v) is 6.48. The molecule has 0 aromatic carbocycles. The summed E-state index contributed by atoms with van der Waals surface area (Å²) in [6.45, 7) is 0.863. The van der Waals surface area contributed by atoms with Gasteiger partial charge in [-0.25, -0.2) is 0 Å². The third-order valence-corrected chi connectivity index (χ3v) is 3.81. The van der Waals surface area contributed by atoms with Crippen molar-refractivity contribution >= 4 is 11.9 Å². The van der Waals surface area contributed by atoms with E-state index in [4.69, 9.17) is 9.84 Å². The van der Waals surface area contributed by atoms with Gasteiger partial charge in [0.2, 0.25) is 5.91 Å². The number of aliphatic carboxylic acids is 1. The van der Waals surface area contributed by atoms with Gasteiger partial charge in [0.05, 0.1) is 11.8 Å². The predicted octanol–water partition coefficient (Wildman–Crippen LogP) is 1.52. The summed E-state index contributed by atoms with van der Waals surface area (Å²) in [6, 6.07) is 0. The molecule has 1 N–H and O–H groups in total. The van der Waals surface area contributed by atoms with E-state index < -0.39 is 5.97 Å². The highest BCUT2D eigenvalue weighted by Gasteiger charge is 2.42. The Hall–Kier alpha value is -1.10. The van der Waals surface area contributed by atoms with Crippen molar-refractivity contribution in [2.24, 2.45) is 5.41 Å². The Morgan fingerprint density at radius 3 is 2.44 bits per heavy atom. The van der Waals surface area contributed by atoms with Crippen LogP contribution in [-0.2, 0) is 14.3 Å². The van der Waals surface area contributed by atoms with E-state index in [1.807, 2.05) is 0 Å². The van der Waals surface area contributed by atoms with Crippen LogP contribution in [0.5, 0.6) is 0 Å². The Morgan fingerprint density at radius 2 is 1.94 bits per heavy atom. The summed E-state index contributed by atoms with van der Waals surface area (Å²) < 4.78 is 5.09. The molecular weight excluding hydrogens is 234 g/mol. The number of carbonyl (C=O) groups excluding carboxylic acids is 1. The van der Waals surface area contributed by atoms with Crippen LogP contribution in [0.1, 0.15) is 38.5 Å². The Labute approximate surface area is 108 Å². The minimum Gasteiger partial charge on any atom is -0.481 e. The molecule has 5 heteroatoms. The molecule has 0 unspecified atom stereocenters. The molecule has 0 radical (unpaired) electrons. The summed E-state index contributed by atoms with van der Waals surface area (Å²) in [5.41, 5.74) is -0.316. The summed E-state index contributed by atoms with van der Waals surface area (Å²) in [4.78, 5) is 24.6. The van der Waals surface area contributed by atoms with Crippen molar-refractivity contribution in [3.05, 3.63) is 0 Å². The average Bonchev–Trinajstić information content (AvgIpc) is 2.82. The molecule has 0 saturated heterocycles. The van der Waals surface area contributed by atoms with E-state index in [1.165, 1.54) is 0 Å². The Kier molecular flexibility index (Phi) is 5.59. The molecule has 1 aliphatic carbocycles. The highest BCUT2D eigenvalue weighted by atomic mass is 16.5. The number of carboxylic acid groups (broad SMARTS) is 1. The molecule has 0 heterocycles. The van der Waals surface area contributed by atoms with Gasteiger partial charge in [-0.3, -0.25) is 9.59 Å². The fourth-order valence-corrected chi connectivity index (χ4v) is 2.69. The normalized spacial score (nSPS) is 17.7. The minimum absolute atomic E-state index is 0.00258. The number of ether oxygens (including phenoxy) is 1. The second-order valence-electron chi connectivity index (χ2n) is 5.10. The SMILES string of the molecule is COCCC1(C(=O)N(C)CCC(=O)O)CCCC1.